The molecule has 0 aliphatic heterocycles. The van der Waals surface area contributed by atoms with Crippen LogP contribution in [0.1, 0.15) is 18.2 Å². The standard InChI is InChI=1S/C18H22N4OS/c1-4-21(12-14-5-7-16(8-6-14)20(2)3)13-15-11-17(23)22-9-10-24-18(22)19-15/h5-11H,4,12-13H2,1-3H3/p+1. The first-order chi connectivity index (χ1) is 11.6. The second-order valence-corrected chi connectivity index (χ2v) is 7.03. The zero-order chi connectivity index (χ0) is 17.1. The largest absolute Gasteiger partial charge is 0.378 e. The number of aromatic nitrogens is 2. The maximum absolute atomic E-state index is 12.1. The third kappa shape index (κ3) is 3.66. The molecule has 5 nitrogen and oxygen atoms in total. The van der Waals surface area contributed by atoms with Gasteiger partial charge < -0.3 is 9.80 Å². The zero-order valence-electron chi connectivity index (χ0n) is 14.3. The van der Waals surface area contributed by atoms with Crippen LogP contribution < -0.4 is 15.4 Å². The molecule has 0 fully saturated rings. The second-order valence-electron chi connectivity index (χ2n) is 6.16. The molecular formula is C18H23N4OS+. The molecule has 6 heteroatoms. The number of fused-ring (bicyclic) bond motifs is 1. The Morgan fingerprint density at radius 3 is 2.62 bits per heavy atom. The summed E-state index contributed by atoms with van der Waals surface area (Å²) < 4.78 is 1.60. The predicted octanol–water partition coefficient (Wildman–Crippen LogP) is 1.43. The lowest BCUT2D eigenvalue weighted by Crippen LogP contribution is -3.09. The summed E-state index contributed by atoms with van der Waals surface area (Å²) in [5.41, 5.74) is 3.37. The number of hydrogen-bond donors (Lipinski definition) is 1. The summed E-state index contributed by atoms with van der Waals surface area (Å²) >= 11 is 1.50. The van der Waals surface area contributed by atoms with E-state index >= 15 is 0 Å². The van der Waals surface area contributed by atoms with Gasteiger partial charge in [0.15, 0.2) is 4.96 Å². The third-order valence-electron chi connectivity index (χ3n) is 4.19. The number of anilines is 1. The quantitative estimate of drug-likeness (QED) is 0.736. The first-order valence-electron chi connectivity index (χ1n) is 8.12. The highest BCUT2D eigenvalue weighted by molar-refractivity contribution is 7.15. The topological polar surface area (TPSA) is 42.0 Å². The Hall–Kier alpha value is -2.18. The smallest absolute Gasteiger partial charge is 0.258 e. The van der Waals surface area contributed by atoms with Gasteiger partial charge in [-0.3, -0.25) is 9.20 Å². The molecule has 0 spiro atoms. The minimum absolute atomic E-state index is 0.00189. The molecule has 0 bridgehead atoms. The lowest BCUT2D eigenvalue weighted by atomic mass is 10.2. The minimum Gasteiger partial charge on any atom is -0.378 e. The lowest BCUT2D eigenvalue weighted by molar-refractivity contribution is -0.926. The van der Waals surface area contributed by atoms with E-state index in [1.807, 2.05) is 19.5 Å². The molecule has 1 N–H and O–H groups in total. The van der Waals surface area contributed by atoms with Gasteiger partial charge >= 0.3 is 0 Å². The Morgan fingerprint density at radius 1 is 1.21 bits per heavy atom. The zero-order valence-corrected chi connectivity index (χ0v) is 15.1. The molecular weight excluding hydrogens is 320 g/mol. The van der Waals surface area contributed by atoms with E-state index in [4.69, 9.17) is 0 Å². The summed E-state index contributed by atoms with van der Waals surface area (Å²) in [5.74, 6) is 0. The Kier molecular flexibility index (Phi) is 4.97. The Labute approximate surface area is 145 Å². The second kappa shape index (κ2) is 7.15. The van der Waals surface area contributed by atoms with Crippen molar-refractivity contribution in [2.45, 2.75) is 20.0 Å². The Morgan fingerprint density at radius 2 is 1.96 bits per heavy atom. The number of nitrogens with zero attached hydrogens (tertiary/aromatic N) is 3. The number of thiazole rings is 1. The fourth-order valence-corrected chi connectivity index (χ4v) is 3.49. The van der Waals surface area contributed by atoms with E-state index < -0.39 is 0 Å². The molecule has 1 unspecified atom stereocenters. The molecule has 2 aromatic heterocycles. The molecule has 0 amide bonds. The van der Waals surface area contributed by atoms with Crippen molar-refractivity contribution in [2.24, 2.45) is 0 Å². The molecule has 3 rings (SSSR count). The minimum atomic E-state index is 0.00189. The molecule has 1 aromatic carbocycles. The van der Waals surface area contributed by atoms with Crippen LogP contribution in [-0.2, 0) is 13.1 Å². The van der Waals surface area contributed by atoms with Crippen LogP contribution in [0.25, 0.3) is 4.96 Å². The van der Waals surface area contributed by atoms with Gasteiger partial charge in [-0.1, -0.05) is 12.1 Å². The van der Waals surface area contributed by atoms with Crippen LogP contribution in [0.3, 0.4) is 0 Å². The molecule has 0 aliphatic rings. The first-order valence-corrected chi connectivity index (χ1v) is 9.00. The van der Waals surface area contributed by atoms with Crippen molar-refractivity contribution < 1.29 is 4.90 Å². The van der Waals surface area contributed by atoms with Gasteiger partial charge in [-0.15, -0.1) is 11.3 Å². The Bertz CT molecular complexity index is 867. The van der Waals surface area contributed by atoms with Crippen molar-refractivity contribution in [3.63, 3.8) is 0 Å². The number of rotatable bonds is 6. The van der Waals surface area contributed by atoms with Crippen LogP contribution >= 0.6 is 11.3 Å². The van der Waals surface area contributed by atoms with Crippen molar-refractivity contribution >= 4 is 22.0 Å². The predicted molar refractivity (Wildman–Crippen MR) is 99.0 cm³/mol. The number of hydrogen-bond acceptors (Lipinski definition) is 4. The maximum Gasteiger partial charge on any atom is 0.258 e. The molecule has 24 heavy (non-hydrogen) atoms. The summed E-state index contributed by atoms with van der Waals surface area (Å²) in [4.78, 5) is 21.0. The molecule has 3 aromatic rings. The monoisotopic (exact) mass is 343 g/mol. The summed E-state index contributed by atoms with van der Waals surface area (Å²) in [6.45, 7) is 4.84. The van der Waals surface area contributed by atoms with Crippen molar-refractivity contribution in [1.82, 2.24) is 9.38 Å². The van der Waals surface area contributed by atoms with E-state index in [1.165, 1.54) is 27.5 Å². The number of quaternary nitrogens is 1. The Balaban J connectivity index is 1.74. The normalized spacial score (nSPS) is 12.5. The van der Waals surface area contributed by atoms with Gasteiger partial charge in [0.1, 0.15) is 18.8 Å². The van der Waals surface area contributed by atoms with E-state index in [2.05, 4.69) is 41.1 Å². The maximum atomic E-state index is 12.1. The van der Waals surface area contributed by atoms with Crippen LogP contribution in [0.4, 0.5) is 5.69 Å². The van der Waals surface area contributed by atoms with E-state index in [9.17, 15) is 4.79 Å². The SMILES string of the molecule is CC[NH+](Cc1ccc(N(C)C)cc1)Cc1cc(=O)n2ccsc2n1. The lowest BCUT2D eigenvalue weighted by Gasteiger charge is -2.18. The van der Waals surface area contributed by atoms with Crippen LogP contribution in [0.5, 0.6) is 0 Å². The fourth-order valence-electron chi connectivity index (χ4n) is 2.75. The molecule has 0 saturated carbocycles. The molecule has 0 radical (unpaired) electrons. The van der Waals surface area contributed by atoms with Gasteiger partial charge in [-0.05, 0) is 19.1 Å². The first kappa shape index (κ1) is 16.7. The highest BCUT2D eigenvalue weighted by atomic mass is 32.1. The van der Waals surface area contributed by atoms with Gasteiger partial charge in [0, 0.05) is 43.0 Å². The van der Waals surface area contributed by atoms with E-state index in [0.29, 0.717) is 0 Å². The number of nitrogens with one attached hydrogen (secondary N) is 1. The van der Waals surface area contributed by atoms with E-state index in [1.54, 1.807) is 16.7 Å². The van der Waals surface area contributed by atoms with Crippen LogP contribution in [0, 0.1) is 0 Å². The van der Waals surface area contributed by atoms with E-state index in [-0.39, 0.29) is 5.56 Å². The fraction of sp³-hybridized carbons (Fsp3) is 0.333. The van der Waals surface area contributed by atoms with Crippen LogP contribution in [0.15, 0.2) is 46.7 Å². The van der Waals surface area contributed by atoms with Crippen molar-refractivity contribution in [1.29, 1.82) is 0 Å². The summed E-state index contributed by atoms with van der Waals surface area (Å²) in [5, 5.41) is 1.89. The van der Waals surface area contributed by atoms with Crippen molar-refractivity contribution in [3.05, 3.63) is 63.5 Å². The van der Waals surface area contributed by atoms with Crippen molar-refractivity contribution in [3.8, 4) is 0 Å². The average Bonchev–Trinajstić information content (AvgIpc) is 3.03. The summed E-state index contributed by atoms with van der Waals surface area (Å²) in [6, 6.07) is 10.3. The highest BCUT2D eigenvalue weighted by Crippen LogP contribution is 2.11. The molecule has 0 aliphatic carbocycles. The molecule has 0 saturated heterocycles. The van der Waals surface area contributed by atoms with Crippen molar-refractivity contribution in [2.75, 3.05) is 25.5 Å². The van der Waals surface area contributed by atoms with Gasteiger partial charge in [0.2, 0.25) is 0 Å². The van der Waals surface area contributed by atoms with Gasteiger partial charge in [0.05, 0.1) is 6.54 Å². The molecule has 1 atom stereocenters. The molecule has 126 valence electrons. The summed E-state index contributed by atoms with van der Waals surface area (Å²) in [7, 11) is 4.09. The van der Waals surface area contributed by atoms with Crippen LogP contribution in [0.2, 0.25) is 0 Å². The summed E-state index contributed by atoms with van der Waals surface area (Å²) in [6.07, 6.45) is 1.77. The van der Waals surface area contributed by atoms with Gasteiger partial charge in [-0.25, -0.2) is 4.98 Å². The van der Waals surface area contributed by atoms with Crippen LogP contribution in [-0.4, -0.2) is 30.0 Å². The third-order valence-corrected chi connectivity index (χ3v) is 4.95. The van der Waals surface area contributed by atoms with E-state index in [0.717, 1.165) is 30.3 Å². The van der Waals surface area contributed by atoms with Gasteiger partial charge in [-0.2, -0.15) is 0 Å². The average molecular weight is 343 g/mol. The molecule has 2 heterocycles. The highest BCUT2D eigenvalue weighted by Gasteiger charge is 2.12. The number of benzene rings is 1. The van der Waals surface area contributed by atoms with Gasteiger partial charge in [0.25, 0.3) is 5.56 Å².